The molecular weight excluding hydrogens is 305 g/mol. The largest absolute Gasteiger partial charge is 0.381 e. The summed E-state index contributed by atoms with van der Waals surface area (Å²) in [5, 5.41) is 0.632. The Morgan fingerprint density at radius 2 is 2.18 bits per heavy atom. The molecule has 1 aliphatic heterocycles. The molecule has 1 fully saturated rings. The minimum atomic E-state index is -0.140. The zero-order valence-corrected chi connectivity index (χ0v) is 12.1. The molecule has 1 aliphatic rings. The molecule has 0 aromatic carbocycles. The molecule has 2 heterocycles. The van der Waals surface area contributed by atoms with Gasteiger partial charge in [0.25, 0.3) is 0 Å². The third-order valence-corrected chi connectivity index (χ3v) is 4.34. The smallest absolute Gasteiger partial charge is 0.124 e. The van der Waals surface area contributed by atoms with E-state index in [-0.39, 0.29) is 5.60 Å². The molecule has 0 amide bonds. The Labute approximate surface area is 115 Å². The molecular formula is C12H15BrClNO2. The molecule has 0 saturated carbocycles. The van der Waals surface area contributed by atoms with Gasteiger partial charge in [0.15, 0.2) is 0 Å². The maximum absolute atomic E-state index is 5.93. The molecule has 2 rings (SSSR count). The Kier molecular flexibility index (Phi) is 4.42. The van der Waals surface area contributed by atoms with Gasteiger partial charge < -0.3 is 9.47 Å². The SMILES string of the molecule is COC1(Cc2ccc(Cl)c(Br)n2)CCOCC1. The van der Waals surface area contributed by atoms with Gasteiger partial charge in [-0.15, -0.1) is 0 Å². The van der Waals surface area contributed by atoms with E-state index in [9.17, 15) is 0 Å². The highest BCUT2D eigenvalue weighted by Crippen LogP contribution is 2.29. The van der Waals surface area contributed by atoms with Gasteiger partial charge in [0, 0.05) is 45.3 Å². The second kappa shape index (κ2) is 5.65. The van der Waals surface area contributed by atoms with E-state index in [1.807, 2.05) is 12.1 Å². The summed E-state index contributed by atoms with van der Waals surface area (Å²) in [4.78, 5) is 4.42. The fourth-order valence-corrected chi connectivity index (χ4v) is 2.55. The first-order valence-electron chi connectivity index (χ1n) is 5.59. The fraction of sp³-hybridized carbons (Fsp3) is 0.583. The van der Waals surface area contributed by atoms with Crippen LogP contribution in [0.3, 0.4) is 0 Å². The third-order valence-electron chi connectivity index (χ3n) is 3.20. The van der Waals surface area contributed by atoms with Crippen LogP contribution in [-0.4, -0.2) is 30.9 Å². The molecule has 0 spiro atoms. The first-order valence-corrected chi connectivity index (χ1v) is 6.76. The topological polar surface area (TPSA) is 31.4 Å². The van der Waals surface area contributed by atoms with E-state index in [1.165, 1.54) is 0 Å². The Morgan fingerprint density at radius 1 is 1.47 bits per heavy atom. The van der Waals surface area contributed by atoms with Gasteiger partial charge in [0.2, 0.25) is 0 Å². The second-order valence-electron chi connectivity index (χ2n) is 4.25. The van der Waals surface area contributed by atoms with E-state index in [1.54, 1.807) is 7.11 Å². The summed E-state index contributed by atoms with van der Waals surface area (Å²) in [5.74, 6) is 0. The van der Waals surface area contributed by atoms with Crippen LogP contribution in [0.4, 0.5) is 0 Å². The lowest BCUT2D eigenvalue weighted by Gasteiger charge is -2.35. The average Bonchev–Trinajstić information content (AvgIpc) is 2.35. The maximum Gasteiger partial charge on any atom is 0.124 e. The Balaban J connectivity index is 2.14. The molecule has 0 radical (unpaired) electrons. The first-order chi connectivity index (χ1) is 8.15. The molecule has 0 bridgehead atoms. The molecule has 0 aliphatic carbocycles. The van der Waals surface area contributed by atoms with Crippen LogP contribution in [0.15, 0.2) is 16.7 Å². The van der Waals surface area contributed by atoms with E-state index in [0.717, 1.165) is 38.2 Å². The van der Waals surface area contributed by atoms with Crippen molar-refractivity contribution in [1.29, 1.82) is 0 Å². The molecule has 3 nitrogen and oxygen atoms in total. The zero-order valence-electron chi connectivity index (χ0n) is 9.71. The quantitative estimate of drug-likeness (QED) is 0.801. The second-order valence-corrected chi connectivity index (χ2v) is 5.41. The maximum atomic E-state index is 5.93. The number of hydrogen-bond acceptors (Lipinski definition) is 3. The fourth-order valence-electron chi connectivity index (χ4n) is 2.08. The van der Waals surface area contributed by atoms with Crippen LogP contribution in [0, 0.1) is 0 Å². The molecule has 0 N–H and O–H groups in total. The number of hydrogen-bond donors (Lipinski definition) is 0. The number of ether oxygens (including phenoxy) is 2. The van der Waals surface area contributed by atoms with Crippen molar-refractivity contribution in [1.82, 2.24) is 4.98 Å². The first kappa shape index (κ1) is 13.3. The van der Waals surface area contributed by atoms with E-state index in [2.05, 4.69) is 20.9 Å². The van der Waals surface area contributed by atoms with Gasteiger partial charge in [-0.1, -0.05) is 11.6 Å². The lowest BCUT2D eigenvalue weighted by Crippen LogP contribution is -2.40. The minimum Gasteiger partial charge on any atom is -0.381 e. The standard InChI is InChI=1S/C12H15BrClNO2/c1-16-12(4-6-17-7-5-12)8-9-2-3-10(14)11(13)15-9/h2-3H,4-8H2,1H3. The molecule has 1 saturated heterocycles. The van der Waals surface area contributed by atoms with Crippen molar-refractivity contribution in [2.24, 2.45) is 0 Å². The summed E-state index contributed by atoms with van der Waals surface area (Å²) in [6.07, 6.45) is 2.61. The van der Waals surface area contributed by atoms with Gasteiger partial charge in [0.1, 0.15) is 4.60 Å². The molecule has 1 aromatic heterocycles. The summed E-state index contributed by atoms with van der Waals surface area (Å²) < 4.78 is 11.8. The van der Waals surface area contributed by atoms with Crippen LogP contribution < -0.4 is 0 Å². The lowest BCUT2D eigenvalue weighted by atomic mass is 9.89. The van der Waals surface area contributed by atoms with E-state index in [4.69, 9.17) is 21.1 Å². The number of nitrogens with zero attached hydrogens (tertiary/aromatic N) is 1. The van der Waals surface area contributed by atoms with E-state index >= 15 is 0 Å². The third kappa shape index (κ3) is 3.19. The Bertz CT molecular complexity index is 394. The molecule has 0 atom stereocenters. The highest BCUT2D eigenvalue weighted by molar-refractivity contribution is 9.10. The number of rotatable bonds is 3. The summed E-state index contributed by atoms with van der Waals surface area (Å²) in [5.41, 5.74) is 0.850. The highest BCUT2D eigenvalue weighted by Gasteiger charge is 2.33. The highest BCUT2D eigenvalue weighted by atomic mass is 79.9. The van der Waals surface area contributed by atoms with Gasteiger partial charge in [0.05, 0.1) is 10.6 Å². The van der Waals surface area contributed by atoms with Crippen LogP contribution in [0.5, 0.6) is 0 Å². The molecule has 5 heteroatoms. The van der Waals surface area contributed by atoms with Crippen LogP contribution in [0.1, 0.15) is 18.5 Å². The van der Waals surface area contributed by atoms with Gasteiger partial charge in [-0.2, -0.15) is 0 Å². The number of halogens is 2. The number of aromatic nitrogens is 1. The molecule has 1 aromatic rings. The molecule has 17 heavy (non-hydrogen) atoms. The van der Waals surface area contributed by atoms with Crippen molar-refractivity contribution in [3.05, 3.63) is 27.5 Å². The summed E-state index contributed by atoms with van der Waals surface area (Å²) in [6.45, 7) is 1.51. The van der Waals surface area contributed by atoms with Gasteiger partial charge >= 0.3 is 0 Å². The Hall–Kier alpha value is -0.160. The van der Waals surface area contributed by atoms with Crippen LogP contribution in [0.2, 0.25) is 5.02 Å². The zero-order chi connectivity index (χ0) is 12.3. The van der Waals surface area contributed by atoms with Crippen molar-refractivity contribution in [3.8, 4) is 0 Å². The Morgan fingerprint density at radius 3 is 2.76 bits per heavy atom. The van der Waals surface area contributed by atoms with Crippen LogP contribution in [-0.2, 0) is 15.9 Å². The predicted molar refractivity (Wildman–Crippen MR) is 70.4 cm³/mol. The van der Waals surface area contributed by atoms with Crippen molar-refractivity contribution in [2.45, 2.75) is 24.9 Å². The molecule has 94 valence electrons. The molecule has 0 unspecified atom stereocenters. The van der Waals surface area contributed by atoms with Crippen LogP contribution in [0.25, 0.3) is 0 Å². The monoisotopic (exact) mass is 319 g/mol. The number of methoxy groups -OCH3 is 1. The van der Waals surface area contributed by atoms with Crippen molar-refractivity contribution < 1.29 is 9.47 Å². The lowest BCUT2D eigenvalue weighted by molar-refractivity contribution is -0.0893. The van der Waals surface area contributed by atoms with E-state index in [0.29, 0.717) is 9.63 Å². The summed E-state index contributed by atoms with van der Waals surface area (Å²) in [7, 11) is 1.76. The summed E-state index contributed by atoms with van der Waals surface area (Å²) >= 11 is 9.27. The van der Waals surface area contributed by atoms with Gasteiger partial charge in [-0.3, -0.25) is 0 Å². The van der Waals surface area contributed by atoms with Crippen molar-refractivity contribution in [3.63, 3.8) is 0 Å². The van der Waals surface area contributed by atoms with Crippen LogP contribution >= 0.6 is 27.5 Å². The summed E-state index contributed by atoms with van der Waals surface area (Å²) in [6, 6.07) is 3.81. The average molecular weight is 321 g/mol. The van der Waals surface area contributed by atoms with Crippen molar-refractivity contribution >= 4 is 27.5 Å². The number of pyridine rings is 1. The van der Waals surface area contributed by atoms with E-state index < -0.39 is 0 Å². The predicted octanol–water partition coefficient (Wildman–Crippen LogP) is 3.24. The minimum absolute atomic E-state index is 0.140. The van der Waals surface area contributed by atoms with Gasteiger partial charge in [-0.05, 0) is 28.1 Å². The van der Waals surface area contributed by atoms with Crippen molar-refractivity contribution in [2.75, 3.05) is 20.3 Å². The van der Waals surface area contributed by atoms with Gasteiger partial charge in [-0.25, -0.2) is 4.98 Å². The normalized spacial score (nSPS) is 19.2.